The van der Waals surface area contributed by atoms with Crippen LogP contribution in [-0.4, -0.2) is 24.6 Å². The van der Waals surface area contributed by atoms with E-state index in [4.69, 9.17) is 4.74 Å². The van der Waals surface area contributed by atoms with E-state index in [2.05, 4.69) is 16.7 Å². The summed E-state index contributed by atoms with van der Waals surface area (Å²) in [5, 5.41) is 0. The molecule has 4 nitrogen and oxygen atoms in total. The van der Waals surface area contributed by atoms with E-state index in [-0.39, 0.29) is 0 Å². The monoisotopic (exact) mass is 244 g/mol. The molecule has 0 radical (unpaired) electrons. The van der Waals surface area contributed by atoms with Crippen LogP contribution in [0.3, 0.4) is 0 Å². The molecule has 0 fully saturated rings. The molecule has 94 valence electrons. The third kappa shape index (κ3) is 4.74. The number of hydrogen-bond acceptors (Lipinski definition) is 4. The number of carbonyl (C=O) groups excluding carboxylic acids is 1. The number of nitrogens with zero attached hydrogens (tertiary/aromatic N) is 2. The third-order valence-corrected chi connectivity index (χ3v) is 2.20. The molecule has 18 heavy (non-hydrogen) atoms. The Morgan fingerprint density at radius 3 is 2.78 bits per heavy atom. The van der Waals surface area contributed by atoms with Gasteiger partial charge in [-0.15, -0.1) is 0 Å². The standard InChI is InChI=1S/C14H16N2O2/c1-11(4-5-12(2)15-3)10-18-14-7-6-13(9-17)8-16-14/h4-9H,3,10H2,1-2H3/b11-4+,12-5-. The van der Waals surface area contributed by atoms with Crippen LogP contribution in [0.1, 0.15) is 24.2 Å². The van der Waals surface area contributed by atoms with Crippen LogP contribution in [0.25, 0.3) is 0 Å². The minimum absolute atomic E-state index is 0.439. The Labute approximate surface area is 107 Å². The highest BCUT2D eigenvalue weighted by molar-refractivity contribution is 5.73. The molecule has 0 aliphatic heterocycles. The van der Waals surface area contributed by atoms with Gasteiger partial charge < -0.3 is 4.74 Å². The first-order valence-electron chi connectivity index (χ1n) is 5.50. The highest BCUT2D eigenvalue weighted by atomic mass is 16.5. The topological polar surface area (TPSA) is 51.5 Å². The van der Waals surface area contributed by atoms with E-state index in [1.54, 1.807) is 12.1 Å². The van der Waals surface area contributed by atoms with Crippen molar-refractivity contribution in [2.24, 2.45) is 4.99 Å². The molecule has 0 unspecified atom stereocenters. The summed E-state index contributed by atoms with van der Waals surface area (Å²) in [4.78, 5) is 18.2. The van der Waals surface area contributed by atoms with Gasteiger partial charge in [0.15, 0.2) is 6.29 Å². The van der Waals surface area contributed by atoms with Crippen LogP contribution in [-0.2, 0) is 0 Å². The Bertz CT molecular complexity index is 473. The molecule has 1 heterocycles. The van der Waals surface area contributed by atoms with Crippen LogP contribution < -0.4 is 4.74 Å². The van der Waals surface area contributed by atoms with Gasteiger partial charge in [0, 0.05) is 23.5 Å². The lowest BCUT2D eigenvalue weighted by Gasteiger charge is -2.04. The minimum Gasteiger partial charge on any atom is -0.473 e. The summed E-state index contributed by atoms with van der Waals surface area (Å²) in [7, 11) is 0. The molecule has 4 heteroatoms. The quantitative estimate of drug-likeness (QED) is 0.439. The van der Waals surface area contributed by atoms with E-state index in [1.165, 1.54) is 6.20 Å². The van der Waals surface area contributed by atoms with Crippen molar-refractivity contribution >= 4 is 13.0 Å². The van der Waals surface area contributed by atoms with Crippen molar-refractivity contribution in [2.45, 2.75) is 13.8 Å². The molecule has 0 bridgehead atoms. The molecule has 0 aliphatic rings. The molecule has 1 aromatic rings. The fourth-order valence-electron chi connectivity index (χ4n) is 1.10. The summed E-state index contributed by atoms with van der Waals surface area (Å²) < 4.78 is 5.46. The van der Waals surface area contributed by atoms with Crippen molar-refractivity contribution in [3.63, 3.8) is 0 Å². The number of rotatable bonds is 6. The molecule has 0 spiro atoms. The maximum atomic E-state index is 10.5. The Kier molecular flexibility index (Phi) is 5.51. The zero-order valence-corrected chi connectivity index (χ0v) is 10.6. The van der Waals surface area contributed by atoms with E-state index in [0.717, 1.165) is 17.6 Å². The largest absolute Gasteiger partial charge is 0.473 e. The van der Waals surface area contributed by atoms with Crippen molar-refractivity contribution < 1.29 is 9.53 Å². The molecule has 0 aromatic carbocycles. The number of hydrogen-bond donors (Lipinski definition) is 0. The second-order valence-electron chi connectivity index (χ2n) is 3.82. The highest BCUT2D eigenvalue weighted by Gasteiger charge is 1.96. The summed E-state index contributed by atoms with van der Waals surface area (Å²) in [5.41, 5.74) is 2.42. The van der Waals surface area contributed by atoms with E-state index in [1.807, 2.05) is 26.0 Å². The number of pyridine rings is 1. The zero-order valence-electron chi connectivity index (χ0n) is 10.6. The smallest absolute Gasteiger partial charge is 0.213 e. The van der Waals surface area contributed by atoms with Crippen molar-refractivity contribution in [3.05, 3.63) is 47.3 Å². The first-order chi connectivity index (χ1) is 8.65. The van der Waals surface area contributed by atoms with Crippen molar-refractivity contribution in [1.82, 2.24) is 4.98 Å². The molecule has 0 amide bonds. The fraction of sp³-hybridized carbons (Fsp3) is 0.214. The van der Waals surface area contributed by atoms with Crippen LogP contribution in [0.15, 0.2) is 46.7 Å². The number of aldehydes is 1. The lowest BCUT2D eigenvalue weighted by molar-refractivity contribution is 0.112. The van der Waals surface area contributed by atoms with Crippen molar-refractivity contribution in [1.29, 1.82) is 0 Å². The third-order valence-electron chi connectivity index (χ3n) is 2.20. The van der Waals surface area contributed by atoms with Gasteiger partial charge in [0.2, 0.25) is 5.88 Å². The van der Waals surface area contributed by atoms with Gasteiger partial charge in [-0.1, -0.05) is 6.08 Å². The Morgan fingerprint density at radius 2 is 2.22 bits per heavy atom. The molecule has 0 saturated carbocycles. The Balaban J connectivity index is 2.53. The van der Waals surface area contributed by atoms with E-state index in [0.29, 0.717) is 18.1 Å². The van der Waals surface area contributed by atoms with Gasteiger partial charge in [-0.25, -0.2) is 4.98 Å². The summed E-state index contributed by atoms with van der Waals surface area (Å²) in [6, 6.07) is 3.34. The van der Waals surface area contributed by atoms with Gasteiger partial charge in [0.1, 0.15) is 6.61 Å². The SMILES string of the molecule is C=N/C(C)=C\C=C(/C)COc1ccc(C=O)cn1. The number of aliphatic imine (C=N–C) groups is 1. The predicted octanol–water partition coefficient (Wildman–Crippen LogP) is 2.82. The molecule has 0 atom stereocenters. The van der Waals surface area contributed by atoms with Crippen LogP contribution in [0, 0.1) is 0 Å². The number of ether oxygens (including phenoxy) is 1. The maximum absolute atomic E-state index is 10.5. The average Bonchev–Trinajstić information content (AvgIpc) is 2.42. The predicted molar refractivity (Wildman–Crippen MR) is 72.2 cm³/mol. The van der Waals surface area contributed by atoms with E-state index in [9.17, 15) is 4.79 Å². The van der Waals surface area contributed by atoms with Gasteiger partial charge in [-0.05, 0) is 38.3 Å². The molecule has 0 N–H and O–H groups in total. The lowest BCUT2D eigenvalue weighted by Crippen LogP contribution is -2.00. The number of aromatic nitrogens is 1. The van der Waals surface area contributed by atoms with E-state index < -0.39 is 0 Å². The lowest BCUT2D eigenvalue weighted by atomic mass is 10.3. The fourth-order valence-corrected chi connectivity index (χ4v) is 1.10. The molecular formula is C14H16N2O2. The van der Waals surface area contributed by atoms with Crippen LogP contribution in [0.4, 0.5) is 0 Å². The van der Waals surface area contributed by atoms with Gasteiger partial charge in [-0.3, -0.25) is 9.79 Å². The molecule has 0 saturated heterocycles. The average molecular weight is 244 g/mol. The van der Waals surface area contributed by atoms with Gasteiger partial charge in [-0.2, -0.15) is 0 Å². The Hall–Kier alpha value is -2.23. The minimum atomic E-state index is 0.439. The summed E-state index contributed by atoms with van der Waals surface area (Å²) >= 11 is 0. The molecule has 1 rings (SSSR count). The summed E-state index contributed by atoms with van der Waals surface area (Å²) in [5.74, 6) is 0.496. The number of carbonyl (C=O) groups is 1. The molecular weight excluding hydrogens is 228 g/mol. The molecule has 1 aromatic heterocycles. The van der Waals surface area contributed by atoms with Gasteiger partial charge in [0.25, 0.3) is 0 Å². The maximum Gasteiger partial charge on any atom is 0.213 e. The van der Waals surface area contributed by atoms with Crippen LogP contribution in [0.5, 0.6) is 5.88 Å². The highest BCUT2D eigenvalue weighted by Crippen LogP contribution is 2.08. The molecule has 0 aliphatic carbocycles. The van der Waals surface area contributed by atoms with Crippen LogP contribution in [0.2, 0.25) is 0 Å². The normalized spacial score (nSPS) is 12.1. The van der Waals surface area contributed by atoms with Gasteiger partial charge >= 0.3 is 0 Å². The van der Waals surface area contributed by atoms with Gasteiger partial charge in [0.05, 0.1) is 0 Å². The first-order valence-corrected chi connectivity index (χ1v) is 5.50. The summed E-state index contributed by atoms with van der Waals surface area (Å²) in [6.45, 7) is 7.69. The first kappa shape index (κ1) is 13.8. The van der Waals surface area contributed by atoms with Crippen molar-refractivity contribution in [2.75, 3.05) is 6.61 Å². The summed E-state index contributed by atoms with van der Waals surface area (Å²) in [6.07, 6.45) is 6.02. The van der Waals surface area contributed by atoms with Crippen LogP contribution >= 0.6 is 0 Å². The Morgan fingerprint density at radius 1 is 1.44 bits per heavy atom. The van der Waals surface area contributed by atoms with Crippen molar-refractivity contribution in [3.8, 4) is 5.88 Å². The number of allylic oxidation sites excluding steroid dienone is 3. The zero-order chi connectivity index (χ0) is 13.4. The van der Waals surface area contributed by atoms with E-state index >= 15 is 0 Å². The second kappa shape index (κ2) is 7.17. The second-order valence-corrected chi connectivity index (χ2v) is 3.82.